The lowest BCUT2D eigenvalue weighted by atomic mass is 9.98. The van der Waals surface area contributed by atoms with Gasteiger partial charge < -0.3 is 15.2 Å². The molecule has 1 aliphatic rings. The van der Waals surface area contributed by atoms with Crippen molar-refractivity contribution in [2.24, 2.45) is 0 Å². The summed E-state index contributed by atoms with van der Waals surface area (Å²) >= 11 is 0. The van der Waals surface area contributed by atoms with Crippen LogP contribution in [0.15, 0.2) is 47.8 Å². The lowest BCUT2D eigenvalue weighted by molar-refractivity contribution is -0.139. The van der Waals surface area contributed by atoms with Gasteiger partial charge in [0.1, 0.15) is 11.5 Å². The number of benzene rings is 2. The van der Waals surface area contributed by atoms with Gasteiger partial charge in [-0.1, -0.05) is 13.0 Å². The van der Waals surface area contributed by atoms with E-state index in [1.165, 1.54) is 13.1 Å². The van der Waals surface area contributed by atoms with E-state index in [9.17, 15) is 30.8 Å². The second kappa shape index (κ2) is 8.75. The number of carbonyl (C=O) groups excluding carboxylic acids is 1. The van der Waals surface area contributed by atoms with Gasteiger partial charge in [-0.05, 0) is 47.9 Å². The molecule has 0 saturated carbocycles. The van der Waals surface area contributed by atoms with Gasteiger partial charge in [-0.2, -0.15) is 13.2 Å². The number of halogens is 4. The molecule has 34 heavy (non-hydrogen) atoms. The SMILES string of the molecule is CCS(=O)(=O)c1nc(C(=O)N2CCc3cc(Nc4ccc(C(F)(F)F)c(F)c4)ccc3C2)c[nH]1. The van der Waals surface area contributed by atoms with E-state index >= 15 is 0 Å². The summed E-state index contributed by atoms with van der Waals surface area (Å²) < 4.78 is 75.9. The Morgan fingerprint density at radius 1 is 1.15 bits per heavy atom. The summed E-state index contributed by atoms with van der Waals surface area (Å²) in [4.78, 5) is 20.8. The summed E-state index contributed by atoms with van der Waals surface area (Å²) in [6.07, 6.45) is -2.99. The Morgan fingerprint density at radius 2 is 1.85 bits per heavy atom. The number of nitrogens with one attached hydrogen (secondary N) is 2. The molecular formula is C22H20F4N4O3S. The molecule has 1 aliphatic heterocycles. The number of carbonyl (C=O) groups is 1. The van der Waals surface area contributed by atoms with Gasteiger partial charge in [-0.25, -0.2) is 17.8 Å². The molecule has 0 atom stereocenters. The number of hydrogen-bond acceptors (Lipinski definition) is 5. The maximum Gasteiger partial charge on any atom is 0.419 e. The highest BCUT2D eigenvalue weighted by Gasteiger charge is 2.34. The lowest BCUT2D eigenvalue weighted by Crippen LogP contribution is -2.36. The van der Waals surface area contributed by atoms with Crippen LogP contribution in [-0.2, 0) is 29.0 Å². The van der Waals surface area contributed by atoms with Gasteiger partial charge in [0.05, 0.1) is 11.3 Å². The van der Waals surface area contributed by atoms with Gasteiger partial charge in [0.25, 0.3) is 5.91 Å². The predicted molar refractivity (Wildman–Crippen MR) is 116 cm³/mol. The minimum absolute atomic E-state index is 0.0121. The van der Waals surface area contributed by atoms with Crippen LogP contribution in [0.3, 0.4) is 0 Å². The van der Waals surface area contributed by atoms with Crippen LogP contribution in [0.1, 0.15) is 34.1 Å². The topological polar surface area (TPSA) is 95.2 Å². The third-order valence-corrected chi connectivity index (χ3v) is 7.08. The van der Waals surface area contributed by atoms with E-state index in [1.54, 1.807) is 23.1 Å². The quantitative estimate of drug-likeness (QED) is 0.514. The van der Waals surface area contributed by atoms with Gasteiger partial charge in [0.15, 0.2) is 0 Å². The van der Waals surface area contributed by atoms with E-state index in [0.29, 0.717) is 24.7 Å². The average molecular weight is 496 g/mol. The maximum atomic E-state index is 13.8. The van der Waals surface area contributed by atoms with Crippen molar-refractivity contribution in [2.75, 3.05) is 17.6 Å². The van der Waals surface area contributed by atoms with Crippen LogP contribution in [0.25, 0.3) is 0 Å². The molecule has 0 bridgehead atoms. The fourth-order valence-corrected chi connectivity index (χ4v) is 4.41. The first-order chi connectivity index (χ1) is 16.0. The van der Waals surface area contributed by atoms with Gasteiger partial charge >= 0.3 is 6.18 Å². The number of hydrogen-bond donors (Lipinski definition) is 2. The standard InChI is InChI=1S/C22H20F4N4O3S/c1-2-34(32,33)21-27-11-19(29-21)20(31)30-8-7-13-9-15(4-3-14(13)12-30)28-16-5-6-17(18(23)10-16)22(24,25)26/h3-6,9-11,28H,2,7-8,12H2,1H3,(H,27,29). The molecule has 7 nitrogen and oxygen atoms in total. The largest absolute Gasteiger partial charge is 0.419 e. The Bertz CT molecular complexity index is 1350. The molecule has 0 saturated heterocycles. The molecule has 4 rings (SSSR count). The molecular weight excluding hydrogens is 476 g/mol. The highest BCUT2D eigenvalue weighted by molar-refractivity contribution is 7.91. The zero-order chi connectivity index (χ0) is 24.7. The van der Waals surface area contributed by atoms with E-state index in [0.717, 1.165) is 23.3 Å². The number of nitrogens with zero attached hydrogens (tertiary/aromatic N) is 2. The van der Waals surface area contributed by atoms with Crippen LogP contribution >= 0.6 is 0 Å². The highest BCUT2D eigenvalue weighted by Crippen LogP contribution is 2.33. The van der Waals surface area contributed by atoms with Crippen molar-refractivity contribution < 1.29 is 30.8 Å². The molecule has 1 aromatic heterocycles. The van der Waals surface area contributed by atoms with Crippen molar-refractivity contribution in [1.82, 2.24) is 14.9 Å². The summed E-state index contributed by atoms with van der Waals surface area (Å²) in [5.41, 5.74) is 1.22. The molecule has 3 aromatic rings. The number of fused-ring (bicyclic) bond motifs is 1. The Kier molecular flexibility index (Phi) is 6.11. The average Bonchev–Trinajstić information content (AvgIpc) is 3.29. The summed E-state index contributed by atoms with van der Waals surface area (Å²) in [6.45, 7) is 2.14. The number of rotatable bonds is 5. The number of aromatic amines is 1. The van der Waals surface area contributed by atoms with Crippen LogP contribution in [-0.4, -0.2) is 41.5 Å². The number of anilines is 2. The second-order valence-corrected chi connectivity index (χ2v) is 9.97. The van der Waals surface area contributed by atoms with Crippen molar-refractivity contribution in [2.45, 2.75) is 31.2 Å². The zero-order valence-electron chi connectivity index (χ0n) is 17.9. The molecule has 2 N–H and O–H groups in total. The van der Waals surface area contributed by atoms with E-state index in [1.807, 2.05) is 0 Å². The minimum atomic E-state index is -4.76. The van der Waals surface area contributed by atoms with Crippen LogP contribution in [0, 0.1) is 5.82 Å². The van der Waals surface area contributed by atoms with Crippen molar-refractivity contribution in [3.8, 4) is 0 Å². The molecule has 12 heteroatoms. The minimum Gasteiger partial charge on any atom is -0.355 e. The van der Waals surface area contributed by atoms with E-state index in [-0.39, 0.29) is 28.8 Å². The molecule has 1 amide bonds. The number of H-pyrrole nitrogens is 1. The van der Waals surface area contributed by atoms with E-state index in [2.05, 4.69) is 15.3 Å². The van der Waals surface area contributed by atoms with Gasteiger partial charge in [-0.15, -0.1) is 0 Å². The smallest absolute Gasteiger partial charge is 0.355 e. The normalized spacial score (nSPS) is 14.1. The Hall–Kier alpha value is -3.41. The molecule has 180 valence electrons. The third kappa shape index (κ3) is 4.76. The molecule has 0 radical (unpaired) electrons. The first kappa shape index (κ1) is 23.7. The first-order valence-corrected chi connectivity index (χ1v) is 12.0. The lowest BCUT2D eigenvalue weighted by Gasteiger charge is -2.28. The molecule has 0 spiro atoms. The van der Waals surface area contributed by atoms with Gasteiger partial charge in [-0.3, -0.25) is 4.79 Å². The van der Waals surface area contributed by atoms with Crippen molar-refractivity contribution in [3.63, 3.8) is 0 Å². The first-order valence-electron chi connectivity index (χ1n) is 10.3. The fourth-order valence-electron chi connectivity index (χ4n) is 3.67. The number of amides is 1. The Labute approximate surface area is 192 Å². The van der Waals surface area contributed by atoms with Crippen molar-refractivity contribution in [1.29, 1.82) is 0 Å². The molecule has 0 aliphatic carbocycles. The predicted octanol–water partition coefficient (Wildman–Crippen LogP) is 4.30. The summed E-state index contributed by atoms with van der Waals surface area (Å²) in [6, 6.07) is 7.89. The monoisotopic (exact) mass is 496 g/mol. The van der Waals surface area contributed by atoms with Crippen LogP contribution < -0.4 is 5.32 Å². The van der Waals surface area contributed by atoms with Crippen LogP contribution in [0.2, 0.25) is 0 Å². The Morgan fingerprint density at radius 3 is 2.53 bits per heavy atom. The molecule has 2 heterocycles. The molecule has 2 aromatic carbocycles. The van der Waals surface area contributed by atoms with Gasteiger partial charge in [0, 0.05) is 30.7 Å². The van der Waals surface area contributed by atoms with Crippen LogP contribution in [0.5, 0.6) is 0 Å². The van der Waals surface area contributed by atoms with Crippen molar-refractivity contribution >= 4 is 27.1 Å². The number of imidazole rings is 1. The van der Waals surface area contributed by atoms with E-state index < -0.39 is 33.3 Å². The molecule has 0 fully saturated rings. The molecule has 0 unspecified atom stereocenters. The van der Waals surface area contributed by atoms with Crippen molar-refractivity contribution in [3.05, 3.63) is 70.8 Å². The number of aromatic nitrogens is 2. The van der Waals surface area contributed by atoms with Crippen LogP contribution in [0.4, 0.5) is 28.9 Å². The number of alkyl halides is 3. The third-order valence-electron chi connectivity index (χ3n) is 5.52. The van der Waals surface area contributed by atoms with E-state index in [4.69, 9.17) is 0 Å². The zero-order valence-corrected chi connectivity index (χ0v) is 18.7. The van der Waals surface area contributed by atoms with Gasteiger partial charge in [0.2, 0.25) is 15.0 Å². The maximum absolute atomic E-state index is 13.8. The summed E-state index contributed by atoms with van der Waals surface area (Å²) in [5.74, 6) is -1.90. The highest BCUT2D eigenvalue weighted by atomic mass is 32.2. The summed E-state index contributed by atoms with van der Waals surface area (Å²) in [7, 11) is -3.56. The Balaban J connectivity index is 1.47. The fraction of sp³-hybridized carbons (Fsp3) is 0.273. The number of sulfone groups is 1. The second-order valence-electron chi connectivity index (χ2n) is 7.77. The summed E-state index contributed by atoms with van der Waals surface area (Å²) in [5, 5.41) is 2.65.